The Labute approximate surface area is 261 Å². The van der Waals surface area contributed by atoms with Crippen LogP contribution in [0.4, 0.5) is 5.69 Å². The zero-order chi connectivity index (χ0) is 30.3. The minimum atomic E-state index is -3.95. The van der Waals surface area contributed by atoms with Gasteiger partial charge in [-0.25, -0.2) is 8.42 Å². The van der Waals surface area contributed by atoms with E-state index < -0.39 is 28.5 Å². The fraction of sp³-hybridized carbons (Fsp3) is 0.310. The van der Waals surface area contributed by atoms with E-state index in [0.717, 1.165) is 16.1 Å². The number of rotatable bonds is 12. The molecule has 3 rings (SSSR count). The van der Waals surface area contributed by atoms with E-state index in [2.05, 4.69) is 5.32 Å². The van der Waals surface area contributed by atoms with Crippen molar-refractivity contribution in [1.29, 1.82) is 0 Å². The first-order valence-electron chi connectivity index (χ1n) is 12.8. The van der Waals surface area contributed by atoms with Crippen molar-refractivity contribution in [2.45, 2.75) is 45.3 Å². The molecular formula is C29H31Cl4N3O4S. The maximum absolute atomic E-state index is 14.1. The quantitative estimate of drug-likeness (QED) is 0.237. The highest BCUT2D eigenvalue weighted by molar-refractivity contribution is 7.92. The summed E-state index contributed by atoms with van der Waals surface area (Å²) in [7, 11) is -3.95. The summed E-state index contributed by atoms with van der Waals surface area (Å²) < 4.78 is 26.7. The van der Waals surface area contributed by atoms with Gasteiger partial charge >= 0.3 is 0 Å². The third-order valence-electron chi connectivity index (χ3n) is 6.50. The maximum Gasteiger partial charge on any atom is 0.244 e. The van der Waals surface area contributed by atoms with Crippen LogP contribution < -0.4 is 9.62 Å². The van der Waals surface area contributed by atoms with Crippen LogP contribution in [0.3, 0.4) is 0 Å². The summed E-state index contributed by atoms with van der Waals surface area (Å²) in [6.07, 6.45) is 1.85. The summed E-state index contributed by atoms with van der Waals surface area (Å²) in [6.45, 7) is 3.15. The highest BCUT2D eigenvalue weighted by Crippen LogP contribution is 2.29. The lowest BCUT2D eigenvalue weighted by Gasteiger charge is -2.34. The van der Waals surface area contributed by atoms with Gasteiger partial charge in [0.1, 0.15) is 12.6 Å². The number of benzene rings is 3. The van der Waals surface area contributed by atoms with E-state index in [1.165, 1.54) is 23.1 Å². The van der Waals surface area contributed by atoms with Gasteiger partial charge in [-0.1, -0.05) is 89.7 Å². The SMILES string of the molecule is CC[C@@H](C)NC(=O)[C@H](Cc1ccccc1)N(Cc1ccc(Cl)cc1Cl)C(=O)CN(c1ccc(Cl)c(Cl)c1)S(C)(=O)=O. The molecule has 220 valence electrons. The Hall–Kier alpha value is -2.49. The van der Waals surface area contributed by atoms with Crippen LogP contribution in [-0.4, -0.2) is 50.0 Å². The summed E-state index contributed by atoms with van der Waals surface area (Å²) in [6, 6.07) is 17.3. The lowest BCUT2D eigenvalue weighted by atomic mass is 10.0. The normalized spacial score (nSPS) is 12.9. The Morgan fingerprint density at radius 3 is 2.17 bits per heavy atom. The standard InChI is InChI=1S/C29H31Cl4N3O4S/c1-4-19(2)34-29(38)27(14-20-8-6-5-7-9-20)35(17-21-10-11-22(30)15-25(21)32)28(37)18-36(41(3,39)40)23-12-13-24(31)26(33)16-23/h5-13,15-16,19,27H,4,14,17-18H2,1-3H3,(H,34,38)/t19-,27+/m1/s1. The molecular weight excluding hydrogens is 628 g/mol. The number of hydrogen-bond donors (Lipinski definition) is 1. The molecule has 7 nitrogen and oxygen atoms in total. The molecule has 0 aromatic heterocycles. The summed E-state index contributed by atoms with van der Waals surface area (Å²) in [5.41, 5.74) is 1.52. The smallest absolute Gasteiger partial charge is 0.244 e. The molecule has 0 aliphatic heterocycles. The topological polar surface area (TPSA) is 86.8 Å². The van der Waals surface area contributed by atoms with Crippen LogP contribution in [0.1, 0.15) is 31.4 Å². The molecule has 41 heavy (non-hydrogen) atoms. The minimum absolute atomic E-state index is 0.0702. The van der Waals surface area contributed by atoms with Crippen molar-refractivity contribution in [3.05, 3.63) is 97.9 Å². The first-order chi connectivity index (χ1) is 19.3. The number of amides is 2. The average molecular weight is 659 g/mol. The Bertz CT molecular complexity index is 1490. The van der Waals surface area contributed by atoms with Gasteiger partial charge in [0, 0.05) is 29.1 Å². The zero-order valence-electron chi connectivity index (χ0n) is 22.8. The Balaban J connectivity index is 2.10. The van der Waals surface area contributed by atoms with Crippen molar-refractivity contribution in [1.82, 2.24) is 10.2 Å². The molecule has 0 aliphatic rings. The van der Waals surface area contributed by atoms with E-state index in [0.29, 0.717) is 22.0 Å². The number of hydrogen-bond acceptors (Lipinski definition) is 4. The van der Waals surface area contributed by atoms with Gasteiger partial charge in [-0.3, -0.25) is 13.9 Å². The predicted octanol–water partition coefficient (Wildman–Crippen LogP) is 6.62. The lowest BCUT2D eigenvalue weighted by Crippen LogP contribution is -2.54. The van der Waals surface area contributed by atoms with Crippen LogP contribution in [-0.2, 0) is 32.6 Å². The third-order valence-corrected chi connectivity index (χ3v) is 8.96. The molecule has 3 aromatic carbocycles. The second-order valence-electron chi connectivity index (χ2n) is 9.65. The van der Waals surface area contributed by atoms with Crippen LogP contribution >= 0.6 is 46.4 Å². The van der Waals surface area contributed by atoms with Gasteiger partial charge in [0.2, 0.25) is 21.8 Å². The second-order valence-corrected chi connectivity index (χ2v) is 13.2. The van der Waals surface area contributed by atoms with Gasteiger partial charge in [0.15, 0.2) is 0 Å². The van der Waals surface area contributed by atoms with E-state index in [9.17, 15) is 18.0 Å². The van der Waals surface area contributed by atoms with Crippen LogP contribution in [0.15, 0.2) is 66.7 Å². The van der Waals surface area contributed by atoms with Gasteiger partial charge in [-0.15, -0.1) is 0 Å². The van der Waals surface area contributed by atoms with E-state index in [4.69, 9.17) is 46.4 Å². The molecule has 0 heterocycles. The fourth-order valence-electron chi connectivity index (χ4n) is 4.08. The molecule has 0 radical (unpaired) electrons. The van der Waals surface area contributed by atoms with Crippen molar-refractivity contribution in [3.63, 3.8) is 0 Å². The molecule has 0 saturated heterocycles. The van der Waals surface area contributed by atoms with Crippen LogP contribution in [0, 0.1) is 0 Å². The highest BCUT2D eigenvalue weighted by atomic mass is 35.5. The number of carbonyl (C=O) groups excluding carboxylic acids is 2. The first kappa shape index (κ1) is 33.0. The molecule has 0 unspecified atom stereocenters. The van der Waals surface area contributed by atoms with Crippen LogP contribution in [0.5, 0.6) is 0 Å². The first-order valence-corrected chi connectivity index (χ1v) is 16.2. The number of anilines is 1. The van der Waals surface area contributed by atoms with Crippen molar-refractivity contribution >= 4 is 73.9 Å². The average Bonchev–Trinajstić information content (AvgIpc) is 2.91. The molecule has 2 amide bonds. The molecule has 0 spiro atoms. The number of sulfonamides is 1. The lowest BCUT2D eigenvalue weighted by molar-refractivity contribution is -0.140. The number of nitrogens with zero attached hydrogens (tertiary/aromatic N) is 2. The molecule has 3 aromatic rings. The number of halogens is 4. The highest BCUT2D eigenvalue weighted by Gasteiger charge is 2.34. The van der Waals surface area contributed by atoms with E-state index in [-0.39, 0.29) is 40.6 Å². The summed E-state index contributed by atoms with van der Waals surface area (Å²) in [5.74, 6) is -0.991. The zero-order valence-corrected chi connectivity index (χ0v) is 26.6. The van der Waals surface area contributed by atoms with Crippen molar-refractivity contribution in [2.24, 2.45) is 0 Å². The van der Waals surface area contributed by atoms with Crippen molar-refractivity contribution < 1.29 is 18.0 Å². The summed E-state index contributed by atoms with van der Waals surface area (Å²) >= 11 is 24.8. The minimum Gasteiger partial charge on any atom is -0.352 e. The molecule has 0 fully saturated rings. The van der Waals surface area contributed by atoms with Crippen molar-refractivity contribution in [3.8, 4) is 0 Å². The van der Waals surface area contributed by atoms with Gasteiger partial charge < -0.3 is 10.2 Å². The molecule has 2 atom stereocenters. The van der Waals surface area contributed by atoms with Crippen LogP contribution in [0.2, 0.25) is 20.1 Å². The molecule has 0 bridgehead atoms. The van der Waals surface area contributed by atoms with E-state index >= 15 is 0 Å². The predicted molar refractivity (Wildman–Crippen MR) is 167 cm³/mol. The van der Waals surface area contributed by atoms with Gasteiger partial charge in [-0.05, 0) is 54.8 Å². The van der Waals surface area contributed by atoms with Gasteiger partial charge in [-0.2, -0.15) is 0 Å². The van der Waals surface area contributed by atoms with Gasteiger partial charge in [0.25, 0.3) is 0 Å². The van der Waals surface area contributed by atoms with Crippen LogP contribution in [0.25, 0.3) is 0 Å². The Morgan fingerprint density at radius 2 is 1.59 bits per heavy atom. The Kier molecular flexibility index (Phi) is 11.8. The maximum atomic E-state index is 14.1. The summed E-state index contributed by atoms with van der Waals surface area (Å²) in [5, 5.41) is 4.06. The molecule has 0 aliphatic carbocycles. The molecule has 0 saturated carbocycles. The van der Waals surface area contributed by atoms with Gasteiger partial charge in [0.05, 0.1) is 22.0 Å². The molecule has 1 N–H and O–H groups in total. The fourth-order valence-corrected chi connectivity index (χ4v) is 5.68. The monoisotopic (exact) mass is 657 g/mol. The molecule has 12 heteroatoms. The Morgan fingerprint density at radius 1 is 0.902 bits per heavy atom. The number of nitrogens with one attached hydrogen (secondary N) is 1. The summed E-state index contributed by atoms with van der Waals surface area (Å²) in [4.78, 5) is 29.2. The number of carbonyl (C=O) groups is 2. The largest absolute Gasteiger partial charge is 0.352 e. The van der Waals surface area contributed by atoms with E-state index in [1.807, 2.05) is 44.2 Å². The van der Waals surface area contributed by atoms with E-state index in [1.54, 1.807) is 18.2 Å². The second kappa shape index (κ2) is 14.6. The third kappa shape index (κ3) is 9.25. The van der Waals surface area contributed by atoms with Crippen molar-refractivity contribution in [2.75, 3.05) is 17.1 Å².